The van der Waals surface area contributed by atoms with E-state index in [9.17, 15) is 9.59 Å². The first kappa shape index (κ1) is 17.0. The number of amides is 1. The molecule has 0 radical (unpaired) electrons. The fourth-order valence-corrected chi connectivity index (χ4v) is 2.36. The first-order valence-electron chi connectivity index (χ1n) is 7.40. The number of carbonyl (C=O) groups is 2. The predicted octanol–water partition coefficient (Wildman–Crippen LogP) is 4.37. The van der Waals surface area contributed by atoms with Gasteiger partial charge in [0.2, 0.25) is 5.91 Å². The average molecular weight is 331 g/mol. The van der Waals surface area contributed by atoms with E-state index in [1.165, 1.54) is 0 Å². The summed E-state index contributed by atoms with van der Waals surface area (Å²) in [7, 11) is 0. The summed E-state index contributed by atoms with van der Waals surface area (Å²) < 4.78 is 0. The summed E-state index contributed by atoms with van der Waals surface area (Å²) in [4.78, 5) is 24.1. The molecule has 5 heteroatoms. The number of rotatable bonds is 6. The SMILES string of the molecule is CC(C)Nc1ccc(NC(=O)CC(=O)c2ccccc2Cl)cc1. The Labute approximate surface area is 140 Å². The lowest BCUT2D eigenvalue weighted by Gasteiger charge is -2.11. The van der Waals surface area contributed by atoms with Gasteiger partial charge >= 0.3 is 0 Å². The normalized spacial score (nSPS) is 10.4. The number of halogens is 1. The third kappa shape index (κ3) is 5.11. The Morgan fingerprint density at radius 3 is 2.22 bits per heavy atom. The van der Waals surface area contributed by atoms with Gasteiger partial charge in [-0.15, -0.1) is 0 Å². The Morgan fingerprint density at radius 1 is 1.00 bits per heavy atom. The maximum Gasteiger partial charge on any atom is 0.232 e. The molecule has 0 aromatic heterocycles. The van der Waals surface area contributed by atoms with Crippen molar-refractivity contribution in [2.45, 2.75) is 26.3 Å². The van der Waals surface area contributed by atoms with E-state index in [2.05, 4.69) is 24.5 Å². The van der Waals surface area contributed by atoms with Crippen LogP contribution in [0.3, 0.4) is 0 Å². The summed E-state index contributed by atoms with van der Waals surface area (Å²) >= 11 is 5.96. The van der Waals surface area contributed by atoms with Crippen molar-refractivity contribution in [1.82, 2.24) is 0 Å². The average Bonchev–Trinajstić information content (AvgIpc) is 2.49. The minimum Gasteiger partial charge on any atom is -0.383 e. The third-order valence-corrected chi connectivity index (χ3v) is 3.45. The summed E-state index contributed by atoms with van der Waals surface area (Å²) in [5.41, 5.74) is 1.99. The zero-order chi connectivity index (χ0) is 16.8. The fourth-order valence-electron chi connectivity index (χ4n) is 2.12. The second-order valence-electron chi connectivity index (χ2n) is 5.50. The van der Waals surface area contributed by atoms with Gasteiger partial charge in [-0.3, -0.25) is 9.59 Å². The summed E-state index contributed by atoms with van der Waals surface area (Å²) in [6.45, 7) is 4.10. The van der Waals surface area contributed by atoms with Gasteiger partial charge in [-0.05, 0) is 50.2 Å². The van der Waals surface area contributed by atoms with Crippen LogP contribution in [-0.4, -0.2) is 17.7 Å². The van der Waals surface area contributed by atoms with Crippen LogP contribution in [0.1, 0.15) is 30.6 Å². The lowest BCUT2D eigenvalue weighted by molar-refractivity contribution is -0.115. The number of hydrogen-bond donors (Lipinski definition) is 2. The van der Waals surface area contributed by atoms with Crippen LogP contribution >= 0.6 is 11.6 Å². The molecule has 0 atom stereocenters. The highest BCUT2D eigenvalue weighted by atomic mass is 35.5. The highest BCUT2D eigenvalue weighted by molar-refractivity contribution is 6.34. The standard InChI is InChI=1S/C18H19ClN2O2/c1-12(2)20-13-7-9-14(10-8-13)21-18(23)11-17(22)15-5-3-4-6-16(15)19/h3-10,12,20H,11H2,1-2H3,(H,21,23). The van der Waals surface area contributed by atoms with Gasteiger partial charge in [-0.1, -0.05) is 23.7 Å². The van der Waals surface area contributed by atoms with Crippen molar-refractivity contribution in [3.63, 3.8) is 0 Å². The topological polar surface area (TPSA) is 58.2 Å². The highest BCUT2D eigenvalue weighted by Gasteiger charge is 2.14. The molecular formula is C18H19ClN2O2. The van der Waals surface area contributed by atoms with Gasteiger partial charge in [-0.25, -0.2) is 0 Å². The van der Waals surface area contributed by atoms with Crippen molar-refractivity contribution in [3.8, 4) is 0 Å². The molecule has 2 aromatic carbocycles. The number of anilines is 2. The van der Waals surface area contributed by atoms with Crippen LogP contribution in [0.4, 0.5) is 11.4 Å². The number of nitrogens with one attached hydrogen (secondary N) is 2. The van der Waals surface area contributed by atoms with Gasteiger partial charge in [0.25, 0.3) is 0 Å². The van der Waals surface area contributed by atoms with E-state index in [1.807, 2.05) is 12.1 Å². The molecule has 0 aliphatic rings. The first-order chi connectivity index (χ1) is 11.0. The van der Waals surface area contributed by atoms with Gasteiger partial charge in [0.1, 0.15) is 0 Å². The lowest BCUT2D eigenvalue weighted by Crippen LogP contribution is -2.17. The van der Waals surface area contributed by atoms with Crippen molar-refractivity contribution >= 4 is 34.7 Å². The molecule has 0 bridgehead atoms. The van der Waals surface area contributed by atoms with Gasteiger partial charge in [-0.2, -0.15) is 0 Å². The Balaban J connectivity index is 1.94. The number of carbonyl (C=O) groups excluding carboxylic acids is 2. The molecule has 1 amide bonds. The Morgan fingerprint density at radius 2 is 1.61 bits per heavy atom. The zero-order valence-corrected chi connectivity index (χ0v) is 13.9. The second-order valence-corrected chi connectivity index (χ2v) is 5.91. The zero-order valence-electron chi connectivity index (χ0n) is 13.1. The maximum atomic E-state index is 12.1. The van der Waals surface area contributed by atoms with Gasteiger partial charge in [0.05, 0.1) is 11.4 Å². The maximum absolute atomic E-state index is 12.1. The van der Waals surface area contributed by atoms with E-state index in [0.29, 0.717) is 22.3 Å². The van der Waals surface area contributed by atoms with Crippen molar-refractivity contribution in [2.75, 3.05) is 10.6 Å². The molecule has 0 saturated heterocycles. The van der Waals surface area contributed by atoms with Gasteiger partial charge < -0.3 is 10.6 Å². The van der Waals surface area contributed by atoms with Crippen LogP contribution in [0, 0.1) is 0 Å². The van der Waals surface area contributed by atoms with Crippen molar-refractivity contribution in [1.29, 1.82) is 0 Å². The lowest BCUT2D eigenvalue weighted by atomic mass is 10.1. The predicted molar refractivity (Wildman–Crippen MR) is 94.2 cm³/mol. The molecule has 0 spiro atoms. The highest BCUT2D eigenvalue weighted by Crippen LogP contribution is 2.18. The number of ketones is 1. The fraction of sp³-hybridized carbons (Fsp3) is 0.222. The van der Waals surface area contributed by atoms with Crippen molar-refractivity contribution in [2.24, 2.45) is 0 Å². The molecule has 2 aromatic rings. The Kier molecular flexibility index (Phi) is 5.77. The van der Waals surface area contributed by atoms with Crippen LogP contribution in [0.25, 0.3) is 0 Å². The first-order valence-corrected chi connectivity index (χ1v) is 7.77. The van der Waals surface area contributed by atoms with Gasteiger partial charge in [0, 0.05) is 23.0 Å². The third-order valence-electron chi connectivity index (χ3n) is 3.12. The molecule has 2 N–H and O–H groups in total. The molecular weight excluding hydrogens is 312 g/mol. The molecule has 4 nitrogen and oxygen atoms in total. The van der Waals surface area contributed by atoms with Crippen LogP contribution < -0.4 is 10.6 Å². The largest absolute Gasteiger partial charge is 0.383 e. The van der Waals surface area contributed by atoms with Crippen LogP contribution in [0.5, 0.6) is 0 Å². The van der Waals surface area contributed by atoms with Crippen LogP contribution in [0.2, 0.25) is 5.02 Å². The number of hydrogen-bond acceptors (Lipinski definition) is 3. The summed E-state index contributed by atoms with van der Waals surface area (Å²) in [5.74, 6) is -0.661. The molecule has 2 rings (SSSR count). The smallest absolute Gasteiger partial charge is 0.232 e. The van der Waals surface area contributed by atoms with E-state index >= 15 is 0 Å². The molecule has 0 fully saturated rings. The van der Waals surface area contributed by atoms with Crippen molar-refractivity contribution < 1.29 is 9.59 Å². The molecule has 23 heavy (non-hydrogen) atoms. The summed E-state index contributed by atoms with van der Waals surface area (Å²) in [6.07, 6.45) is -0.240. The van der Waals surface area contributed by atoms with E-state index in [1.54, 1.807) is 36.4 Å². The van der Waals surface area contributed by atoms with Gasteiger partial charge in [0.15, 0.2) is 5.78 Å². The number of Topliss-reactive ketones (excluding diaryl/α,β-unsaturated/α-hetero) is 1. The van der Waals surface area contributed by atoms with Crippen molar-refractivity contribution in [3.05, 3.63) is 59.1 Å². The molecule has 0 aliphatic carbocycles. The molecule has 120 valence electrons. The molecule has 0 unspecified atom stereocenters. The van der Waals surface area contributed by atoms with E-state index in [4.69, 9.17) is 11.6 Å². The van der Waals surface area contributed by atoms with E-state index < -0.39 is 0 Å². The Bertz CT molecular complexity index is 696. The minimum absolute atomic E-state index is 0.240. The second kappa shape index (κ2) is 7.79. The number of benzene rings is 2. The van der Waals surface area contributed by atoms with E-state index in [0.717, 1.165) is 5.69 Å². The van der Waals surface area contributed by atoms with Crippen LogP contribution in [0.15, 0.2) is 48.5 Å². The van der Waals surface area contributed by atoms with Crippen LogP contribution in [-0.2, 0) is 4.79 Å². The van der Waals surface area contributed by atoms with E-state index in [-0.39, 0.29) is 18.1 Å². The quantitative estimate of drug-likeness (QED) is 0.610. The molecule has 0 aliphatic heterocycles. The monoisotopic (exact) mass is 330 g/mol. The molecule has 0 saturated carbocycles. The summed E-state index contributed by atoms with van der Waals surface area (Å²) in [6, 6.07) is 14.4. The summed E-state index contributed by atoms with van der Waals surface area (Å²) in [5, 5.41) is 6.33. The Hall–Kier alpha value is -2.33. The minimum atomic E-state index is -0.362. The molecule has 0 heterocycles.